The largest absolute Gasteiger partial charge is 0.459 e. The molecule has 1 fully saturated rings. The lowest BCUT2D eigenvalue weighted by Crippen LogP contribution is -2.57. The number of aliphatic hydroxyl groups is 2. The third-order valence-corrected chi connectivity index (χ3v) is 2.20. The van der Waals surface area contributed by atoms with Crippen LogP contribution in [0.3, 0.4) is 0 Å². The number of carbonyl (C=O) groups excluding carboxylic acids is 1. The third-order valence-electron chi connectivity index (χ3n) is 2.20. The normalized spacial score (nSPS) is 32.5. The van der Waals surface area contributed by atoms with Crippen molar-refractivity contribution in [1.29, 1.82) is 0 Å². The summed E-state index contributed by atoms with van der Waals surface area (Å²) in [6.45, 7) is 5.78. The number of piperidine rings is 1. The maximum Gasteiger partial charge on any atom is 0.326 e. The van der Waals surface area contributed by atoms with Crippen LogP contribution in [0, 0.1) is 0 Å². The molecule has 1 saturated heterocycles. The molecule has 1 heterocycles. The smallest absolute Gasteiger partial charge is 0.326 e. The lowest BCUT2D eigenvalue weighted by Gasteiger charge is -2.33. The second kappa shape index (κ2) is 4.47. The highest BCUT2D eigenvalue weighted by atomic mass is 16.6. The van der Waals surface area contributed by atoms with Gasteiger partial charge in [0.05, 0.1) is 6.10 Å². The zero-order chi connectivity index (χ0) is 11.6. The molecule has 0 aromatic rings. The van der Waals surface area contributed by atoms with Crippen LogP contribution < -0.4 is 5.32 Å². The maximum absolute atomic E-state index is 11.6. The van der Waals surface area contributed by atoms with E-state index in [-0.39, 0.29) is 0 Å². The van der Waals surface area contributed by atoms with Gasteiger partial charge in [-0.05, 0) is 33.7 Å². The topological polar surface area (TPSA) is 78.8 Å². The van der Waals surface area contributed by atoms with Crippen LogP contribution in [0.1, 0.15) is 27.2 Å². The Hall–Kier alpha value is -0.650. The van der Waals surface area contributed by atoms with Gasteiger partial charge in [0.2, 0.25) is 0 Å². The number of carbonyl (C=O) groups is 1. The van der Waals surface area contributed by atoms with E-state index in [0.29, 0.717) is 13.0 Å². The number of rotatable bonds is 1. The van der Waals surface area contributed by atoms with Gasteiger partial charge in [-0.1, -0.05) is 0 Å². The summed E-state index contributed by atoms with van der Waals surface area (Å²) in [5.41, 5.74) is -0.582. The molecule has 0 aromatic carbocycles. The first-order chi connectivity index (χ1) is 6.81. The summed E-state index contributed by atoms with van der Waals surface area (Å²) in [5, 5.41) is 21.8. The highest BCUT2D eigenvalue weighted by Gasteiger charge is 2.37. The van der Waals surface area contributed by atoms with Gasteiger partial charge in [0, 0.05) is 0 Å². The molecule has 1 aliphatic rings. The minimum Gasteiger partial charge on any atom is -0.459 e. The molecule has 0 aliphatic carbocycles. The van der Waals surface area contributed by atoms with E-state index in [0.717, 1.165) is 0 Å². The van der Waals surface area contributed by atoms with Gasteiger partial charge in [-0.25, -0.2) is 0 Å². The Morgan fingerprint density at radius 2 is 2.00 bits per heavy atom. The van der Waals surface area contributed by atoms with E-state index in [1.54, 1.807) is 20.8 Å². The maximum atomic E-state index is 11.6. The molecule has 5 nitrogen and oxygen atoms in total. The summed E-state index contributed by atoms with van der Waals surface area (Å²) in [6, 6.07) is -0.826. The van der Waals surface area contributed by atoms with E-state index in [9.17, 15) is 15.0 Å². The van der Waals surface area contributed by atoms with E-state index in [4.69, 9.17) is 4.74 Å². The van der Waals surface area contributed by atoms with Crippen molar-refractivity contribution < 1.29 is 19.7 Å². The fraction of sp³-hybridized carbons (Fsp3) is 0.900. The number of ether oxygens (including phenoxy) is 1. The Labute approximate surface area is 89.4 Å². The molecule has 5 heteroatoms. The van der Waals surface area contributed by atoms with E-state index in [1.165, 1.54) is 0 Å². The average Bonchev–Trinajstić information content (AvgIpc) is 2.06. The minimum absolute atomic E-state index is 0.445. The summed E-state index contributed by atoms with van der Waals surface area (Å²) in [5.74, 6) is -0.520. The third kappa shape index (κ3) is 3.44. The van der Waals surface area contributed by atoms with Crippen molar-refractivity contribution in [3.8, 4) is 0 Å². The van der Waals surface area contributed by atoms with Crippen molar-refractivity contribution >= 4 is 5.97 Å². The summed E-state index contributed by atoms with van der Waals surface area (Å²) in [7, 11) is 0. The molecule has 0 saturated carbocycles. The zero-order valence-electron chi connectivity index (χ0n) is 9.36. The monoisotopic (exact) mass is 217 g/mol. The second-order valence-electron chi connectivity index (χ2n) is 4.81. The Morgan fingerprint density at radius 1 is 1.40 bits per heavy atom. The quantitative estimate of drug-likeness (QED) is 0.512. The van der Waals surface area contributed by atoms with Crippen LogP contribution in [-0.2, 0) is 9.53 Å². The van der Waals surface area contributed by atoms with Crippen LogP contribution in [0.5, 0.6) is 0 Å². The first-order valence-corrected chi connectivity index (χ1v) is 5.13. The van der Waals surface area contributed by atoms with Crippen molar-refractivity contribution in [3.05, 3.63) is 0 Å². The molecule has 1 aliphatic heterocycles. The minimum atomic E-state index is -1.09. The molecule has 0 spiro atoms. The SMILES string of the molecule is CC(C)(C)OC(=O)C1NCC[C@@H](O)[C@H]1O. The lowest BCUT2D eigenvalue weighted by molar-refractivity contribution is -0.164. The molecule has 3 atom stereocenters. The lowest BCUT2D eigenvalue weighted by atomic mass is 9.98. The molecule has 88 valence electrons. The van der Waals surface area contributed by atoms with Gasteiger partial charge in [-0.2, -0.15) is 0 Å². The molecule has 1 unspecified atom stereocenters. The standard InChI is InChI=1S/C10H19NO4/c1-10(2,3)15-9(14)7-8(13)6(12)4-5-11-7/h6-8,11-13H,4-5H2,1-3H3/t6-,7?,8-/m1/s1. The Balaban J connectivity index is 2.59. The zero-order valence-corrected chi connectivity index (χ0v) is 9.36. The van der Waals surface area contributed by atoms with E-state index >= 15 is 0 Å². The summed E-state index contributed by atoms with van der Waals surface area (Å²) in [4.78, 5) is 11.6. The summed E-state index contributed by atoms with van der Waals surface area (Å²) >= 11 is 0. The second-order valence-corrected chi connectivity index (χ2v) is 4.81. The van der Waals surface area contributed by atoms with Crippen LogP contribution in [0.15, 0.2) is 0 Å². The fourth-order valence-electron chi connectivity index (χ4n) is 1.49. The molecule has 3 N–H and O–H groups in total. The van der Waals surface area contributed by atoms with Gasteiger partial charge in [0.15, 0.2) is 0 Å². The van der Waals surface area contributed by atoms with Gasteiger partial charge in [0.25, 0.3) is 0 Å². The Morgan fingerprint density at radius 3 is 2.53 bits per heavy atom. The van der Waals surface area contributed by atoms with Gasteiger partial charge in [-0.3, -0.25) is 4.79 Å². The summed E-state index contributed by atoms with van der Waals surface area (Å²) in [6.07, 6.45) is -1.50. The molecule has 15 heavy (non-hydrogen) atoms. The van der Waals surface area contributed by atoms with Gasteiger partial charge < -0.3 is 20.3 Å². The highest BCUT2D eigenvalue weighted by Crippen LogP contribution is 2.14. The van der Waals surface area contributed by atoms with Gasteiger partial charge in [-0.15, -0.1) is 0 Å². The van der Waals surface area contributed by atoms with Crippen LogP contribution in [-0.4, -0.2) is 46.6 Å². The van der Waals surface area contributed by atoms with Crippen molar-refractivity contribution in [2.45, 2.75) is 51.0 Å². The Bertz CT molecular complexity index is 236. The first kappa shape index (κ1) is 12.4. The van der Waals surface area contributed by atoms with E-state index < -0.39 is 29.8 Å². The molecule has 0 aromatic heterocycles. The molecule has 0 amide bonds. The summed E-state index contributed by atoms with van der Waals surface area (Å²) < 4.78 is 5.12. The first-order valence-electron chi connectivity index (χ1n) is 5.13. The predicted octanol–water partition coefficient (Wildman–Crippen LogP) is -0.588. The van der Waals surface area contributed by atoms with Crippen LogP contribution in [0.25, 0.3) is 0 Å². The average molecular weight is 217 g/mol. The van der Waals surface area contributed by atoms with Crippen molar-refractivity contribution in [2.75, 3.05) is 6.54 Å². The van der Waals surface area contributed by atoms with Crippen molar-refractivity contribution in [2.24, 2.45) is 0 Å². The van der Waals surface area contributed by atoms with Crippen molar-refractivity contribution in [1.82, 2.24) is 5.32 Å². The predicted molar refractivity (Wildman–Crippen MR) is 54.3 cm³/mol. The fourth-order valence-corrected chi connectivity index (χ4v) is 1.49. The number of hydrogen-bond acceptors (Lipinski definition) is 5. The molecule has 0 radical (unpaired) electrons. The molecular weight excluding hydrogens is 198 g/mol. The molecule has 1 rings (SSSR count). The number of esters is 1. The highest BCUT2D eigenvalue weighted by molar-refractivity contribution is 5.77. The van der Waals surface area contributed by atoms with Crippen LogP contribution >= 0.6 is 0 Å². The number of aliphatic hydroxyl groups excluding tert-OH is 2. The van der Waals surface area contributed by atoms with Crippen LogP contribution in [0.2, 0.25) is 0 Å². The van der Waals surface area contributed by atoms with Crippen molar-refractivity contribution in [3.63, 3.8) is 0 Å². The number of nitrogens with one attached hydrogen (secondary N) is 1. The number of hydrogen-bond donors (Lipinski definition) is 3. The van der Waals surface area contributed by atoms with Crippen LogP contribution in [0.4, 0.5) is 0 Å². The molecule has 0 bridgehead atoms. The Kier molecular flexibility index (Phi) is 3.70. The van der Waals surface area contributed by atoms with E-state index in [2.05, 4.69) is 5.32 Å². The molecular formula is C10H19NO4. The van der Waals surface area contributed by atoms with E-state index in [1.807, 2.05) is 0 Å². The van der Waals surface area contributed by atoms with Gasteiger partial charge in [0.1, 0.15) is 17.7 Å². The van der Waals surface area contributed by atoms with Gasteiger partial charge >= 0.3 is 5.97 Å².